The first-order valence-electron chi connectivity index (χ1n) is 6.98. The fourth-order valence-corrected chi connectivity index (χ4v) is 3.09. The summed E-state index contributed by atoms with van der Waals surface area (Å²) in [6.07, 6.45) is -9.27. The zero-order chi connectivity index (χ0) is 19.6. The average molecular weight is 398 g/mol. The van der Waals surface area contributed by atoms with Crippen LogP contribution in [0.5, 0.6) is 0 Å². The summed E-state index contributed by atoms with van der Waals surface area (Å²) in [4.78, 5) is -0.669. The number of benzene rings is 2. The van der Waals surface area contributed by atoms with Gasteiger partial charge in [0, 0.05) is 0 Å². The van der Waals surface area contributed by atoms with Crippen molar-refractivity contribution in [2.45, 2.75) is 17.2 Å². The smallest absolute Gasteiger partial charge is 0.375 e. The summed E-state index contributed by atoms with van der Waals surface area (Å²) < 4.78 is 102. The quantitative estimate of drug-likeness (QED) is 0.731. The summed E-state index contributed by atoms with van der Waals surface area (Å²) in [5.74, 6) is 0. The Morgan fingerprint density at radius 1 is 0.846 bits per heavy atom. The highest BCUT2D eigenvalue weighted by Gasteiger charge is 2.32. The van der Waals surface area contributed by atoms with Crippen LogP contribution in [0, 0.1) is 0 Å². The lowest BCUT2D eigenvalue weighted by atomic mass is 10.2. The van der Waals surface area contributed by atoms with Crippen LogP contribution in [0.4, 0.5) is 37.7 Å². The van der Waals surface area contributed by atoms with Crippen LogP contribution in [0.25, 0.3) is 0 Å². The van der Waals surface area contributed by atoms with Crippen molar-refractivity contribution in [3.05, 3.63) is 54.1 Å². The normalized spacial score (nSPS) is 12.7. The zero-order valence-electron chi connectivity index (χ0n) is 12.8. The van der Waals surface area contributed by atoms with Gasteiger partial charge in [-0.15, -0.1) is 0 Å². The highest BCUT2D eigenvalue weighted by molar-refractivity contribution is 7.92. The Morgan fingerprint density at radius 2 is 1.46 bits per heavy atom. The Bertz CT molecular complexity index is 878. The molecule has 0 heterocycles. The summed E-state index contributed by atoms with van der Waals surface area (Å²) in [7, 11) is -4.44. The number of halogens is 6. The minimum Gasteiger partial charge on any atom is -0.375 e. The highest BCUT2D eigenvalue weighted by atomic mass is 32.2. The minimum absolute atomic E-state index is 0.166. The van der Waals surface area contributed by atoms with Gasteiger partial charge in [-0.25, -0.2) is 8.42 Å². The van der Waals surface area contributed by atoms with Crippen LogP contribution in [-0.2, 0) is 16.2 Å². The summed E-state index contributed by atoms with van der Waals surface area (Å²) in [5, 5.41) is 2.03. The van der Waals surface area contributed by atoms with Crippen LogP contribution in [0.15, 0.2) is 53.4 Å². The van der Waals surface area contributed by atoms with E-state index in [1.165, 1.54) is 24.3 Å². The molecular formula is C15H12F6N2O2S. The van der Waals surface area contributed by atoms with E-state index in [2.05, 4.69) is 0 Å². The lowest BCUT2D eigenvalue weighted by Crippen LogP contribution is -2.22. The minimum atomic E-state index is -4.74. The van der Waals surface area contributed by atoms with Crippen LogP contribution >= 0.6 is 0 Å². The first-order valence-corrected chi connectivity index (χ1v) is 8.46. The van der Waals surface area contributed by atoms with Crippen LogP contribution in [-0.4, -0.2) is 21.1 Å². The van der Waals surface area contributed by atoms with Crippen molar-refractivity contribution >= 4 is 21.4 Å². The SMILES string of the molecule is O=S(=O)(Nc1ccccc1NCC(F)(F)F)c1cccc(C(F)(F)F)c1. The molecule has 0 saturated carbocycles. The van der Waals surface area contributed by atoms with Crippen LogP contribution in [0.1, 0.15) is 5.56 Å². The number of sulfonamides is 1. The molecule has 0 spiro atoms. The third kappa shape index (κ3) is 5.28. The van der Waals surface area contributed by atoms with Gasteiger partial charge in [-0.2, -0.15) is 26.3 Å². The Morgan fingerprint density at radius 3 is 2.04 bits per heavy atom. The number of alkyl halides is 6. The summed E-state index contributed by atoms with van der Waals surface area (Å²) in [5.41, 5.74) is -1.56. The van der Waals surface area contributed by atoms with Gasteiger partial charge in [-0.05, 0) is 30.3 Å². The largest absolute Gasteiger partial charge is 0.416 e. The first-order chi connectivity index (χ1) is 11.9. The van der Waals surface area contributed by atoms with Gasteiger partial charge in [0.1, 0.15) is 6.54 Å². The number of rotatable bonds is 5. The molecule has 0 saturated heterocycles. The van der Waals surface area contributed by atoms with Crippen molar-refractivity contribution in [3.8, 4) is 0 Å². The molecule has 0 radical (unpaired) electrons. The fraction of sp³-hybridized carbons (Fsp3) is 0.200. The summed E-state index contributed by atoms with van der Waals surface area (Å²) in [6, 6.07) is 8.14. The van der Waals surface area contributed by atoms with E-state index in [9.17, 15) is 34.8 Å². The van der Waals surface area contributed by atoms with Crippen molar-refractivity contribution in [2.24, 2.45) is 0 Å². The van der Waals surface area contributed by atoms with Gasteiger partial charge in [-0.3, -0.25) is 4.72 Å². The Kier molecular flexibility index (Phi) is 5.40. The fourth-order valence-electron chi connectivity index (χ4n) is 1.96. The van der Waals surface area contributed by atoms with Crippen LogP contribution in [0.2, 0.25) is 0 Å². The number of hydrogen-bond acceptors (Lipinski definition) is 3. The van der Waals surface area contributed by atoms with Gasteiger partial charge >= 0.3 is 12.4 Å². The van der Waals surface area contributed by atoms with Gasteiger partial charge in [0.05, 0.1) is 21.8 Å². The summed E-state index contributed by atoms with van der Waals surface area (Å²) >= 11 is 0. The van der Waals surface area contributed by atoms with E-state index in [1.54, 1.807) is 0 Å². The molecule has 0 unspecified atom stereocenters. The Balaban J connectivity index is 2.31. The van der Waals surface area contributed by atoms with Gasteiger partial charge in [0.2, 0.25) is 0 Å². The average Bonchev–Trinajstić information content (AvgIpc) is 2.52. The van der Waals surface area contributed by atoms with Crippen molar-refractivity contribution < 1.29 is 34.8 Å². The molecule has 0 aliphatic carbocycles. The van der Waals surface area contributed by atoms with Crippen molar-refractivity contribution in [1.82, 2.24) is 0 Å². The molecular weight excluding hydrogens is 386 g/mol. The van der Waals surface area contributed by atoms with E-state index in [1.807, 2.05) is 10.0 Å². The molecule has 0 atom stereocenters. The molecule has 4 nitrogen and oxygen atoms in total. The van der Waals surface area contributed by atoms with E-state index in [4.69, 9.17) is 0 Å². The third-order valence-electron chi connectivity index (χ3n) is 3.12. The maximum absolute atomic E-state index is 12.7. The third-order valence-corrected chi connectivity index (χ3v) is 4.49. The van der Waals surface area contributed by atoms with Crippen LogP contribution in [0.3, 0.4) is 0 Å². The second kappa shape index (κ2) is 7.06. The molecule has 142 valence electrons. The first kappa shape index (κ1) is 19.9. The van der Waals surface area contributed by atoms with E-state index < -0.39 is 39.4 Å². The zero-order valence-corrected chi connectivity index (χ0v) is 13.6. The molecule has 2 rings (SSSR count). The lowest BCUT2D eigenvalue weighted by molar-refractivity contribution is -0.137. The molecule has 2 aromatic carbocycles. The molecule has 0 bridgehead atoms. The summed E-state index contributed by atoms with van der Waals surface area (Å²) in [6.45, 7) is -1.41. The molecule has 26 heavy (non-hydrogen) atoms. The maximum Gasteiger partial charge on any atom is 0.416 e. The number of hydrogen-bond donors (Lipinski definition) is 2. The molecule has 0 fully saturated rings. The lowest BCUT2D eigenvalue weighted by Gasteiger charge is -2.16. The van der Waals surface area contributed by atoms with Crippen molar-refractivity contribution in [1.29, 1.82) is 0 Å². The topological polar surface area (TPSA) is 58.2 Å². The highest BCUT2D eigenvalue weighted by Crippen LogP contribution is 2.31. The van der Waals surface area contributed by atoms with Gasteiger partial charge < -0.3 is 5.32 Å². The standard InChI is InChI=1S/C15H12F6N2O2S/c16-14(17,18)9-22-12-6-1-2-7-13(12)23-26(24,25)11-5-3-4-10(8-11)15(19,20)21/h1-8,22-23H,9H2. The van der Waals surface area contributed by atoms with E-state index in [0.29, 0.717) is 12.1 Å². The van der Waals surface area contributed by atoms with Crippen LogP contribution < -0.4 is 10.0 Å². The number of para-hydroxylation sites is 2. The molecule has 2 N–H and O–H groups in total. The number of nitrogens with one attached hydrogen (secondary N) is 2. The van der Waals surface area contributed by atoms with Gasteiger partial charge in [0.25, 0.3) is 10.0 Å². The molecule has 11 heteroatoms. The van der Waals surface area contributed by atoms with E-state index in [-0.39, 0.29) is 11.4 Å². The maximum atomic E-state index is 12.7. The molecule has 2 aromatic rings. The van der Waals surface area contributed by atoms with Gasteiger partial charge in [0.15, 0.2) is 0 Å². The second-order valence-electron chi connectivity index (χ2n) is 5.15. The van der Waals surface area contributed by atoms with Crippen molar-refractivity contribution in [2.75, 3.05) is 16.6 Å². The second-order valence-corrected chi connectivity index (χ2v) is 6.83. The van der Waals surface area contributed by atoms with E-state index in [0.717, 1.165) is 12.1 Å². The van der Waals surface area contributed by atoms with E-state index >= 15 is 0 Å². The Labute approximate surface area is 144 Å². The molecule has 0 aliphatic rings. The Hall–Kier alpha value is -2.43. The molecule has 0 aromatic heterocycles. The molecule has 0 amide bonds. The number of anilines is 2. The predicted molar refractivity (Wildman–Crippen MR) is 83.2 cm³/mol. The van der Waals surface area contributed by atoms with Gasteiger partial charge in [-0.1, -0.05) is 18.2 Å². The monoisotopic (exact) mass is 398 g/mol. The van der Waals surface area contributed by atoms with Crippen molar-refractivity contribution in [3.63, 3.8) is 0 Å². The molecule has 0 aliphatic heterocycles. The predicted octanol–water partition coefficient (Wildman–Crippen LogP) is 4.48.